The molecule has 1 unspecified atom stereocenters. The Morgan fingerprint density at radius 2 is 1.82 bits per heavy atom. The third kappa shape index (κ3) is 5.08. The summed E-state index contributed by atoms with van der Waals surface area (Å²) in [6.45, 7) is 7.04. The van der Waals surface area contributed by atoms with Gasteiger partial charge in [-0.1, -0.05) is 18.6 Å². The van der Waals surface area contributed by atoms with Gasteiger partial charge in [0, 0.05) is 18.8 Å². The van der Waals surface area contributed by atoms with Crippen molar-refractivity contribution in [3.05, 3.63) is 47.4 Å². The van der Waals surface area contributed by atoms with Gasteiger partial charge in [-0.3, -0.25) is 4.79 Å². The number of aromatic nitrogens is 3. The van der Waals surface area contributed by atoms with Gasteiger partial charge < -0.3 is 19.7 Å². The van der Waals surface area contributed by atoms with Gasteiger partial charge in [0.1, 0.15) is 24.2 Å². The van der Waals surface area contributed by atoms with Gasteiger partial charge in [-0.2, -0.15) is 10.1 Å². The number of ether oxygens (including phenoxy) is 2. The molecule has 0 radical (unpaired) electrons. The quantitative estimate of drug-likeness (QED) is 0.591. The van der Waals surface area contributed by atoms with Crippen molar-refractivity contribution < 1.29 is 19.1 Å². The highest BCUT2D eigenvalue weighted by atomic mass is 16.5. The summed E-state index contributed by atoms with van der Waals surface area (Å²) in [5.41, 5.74) is 2.08. The topological polar surface area (TPSA) is 98.6 Å². The highest BCUT2D eigenvalue weighted by Crippen LogP contribution is 2.36. The number of carbonyl (C=O) groups is 2. The van der Waals surface area contributed by atoms with Crippen LogP contribution >= 0.6 is 0 Å². The zero-order valence-electron chi connectivity index (χ0n) is 20.1. The molecule has 0 bridgehead atoms. The lowest BCUT2D eigenvalue weighted by Gasteiger charge is -2.30. The lowest BCUT2D eigenvalue weighted by atomic mass is 9.95. The van der Waals surface area contributed by atoms with Crippen LogP contribution in [0.5, 0.6) is 5.75 Å². The Kier molecular flexibility index (Phi) is 7.49. The van der Waals surface area contributed by atoms with Gasteiger partial charge >= 0.3 is 5.97 Å². The van der Waals surface area contributed by atoms with Crippen LogP contribution in [0.2, 0.25) is 0 Å². The van der Waals surface area contributed by atoms with Gasteiger partial charge in [0.05, 0.1) is 5.57 Å². The second-order valence-electron chi connectivity index (χ2n) is 8.68. The largest absolute Gasteiger partial charge is 0.484 e. The van der Waals surface area contributed by atoms with Crippen LogP contribution in [0, 0.1) is 0 Å². The first-order valence-corrected chi connectivity index (χ1v) is 12.1. The number of esters is 1. The van der Waals surface area contributed by atoms with E-state index >= 15 is 0 Å². The molecule has 9 heteroatoms. The number of rotatable bonds is 8. The Labute approximate surface area is 200 Å². The number of nitrogens with zero attached hydrogens (tertiary/aromatic N) is 4. The first kappa shape index (κ1) is 23.8. The van der Waals surface area contributed by atoms with Crippen LogP contribution in [-0.4, -0.2) is 57.3 Å². The lowest BCUT2D eigenvalue weighted by Crippen LogP contribution is -2.34. The third-order valence-electron chi connectivity index (χ3n) is 6.51. The molecule has 34 heavy (non-hydrogen) atoms. The normalized spacial score (nSPS) is 18.1. The van der Waals surface area contributed by atoms with Crippen molar-refractivity contribution in [3.8, 4) is 5.75 Å². The highest BCUT2D eigenvalue weighted by Gasteiger charge is 2.35. The number of hydrogen-bond donors (Lipinski definition) is 1. The van der Waals surface area contributed by atoms with Gasteiger partial charge in [0.25, 0.3) is 5.91 Å². The van der Waals surface area contributed by atoms with E-state index in [1.54, 1.807) is 9.58 Å². The van der Waals surface area contributed by atoms with E-state index in [4.69, 9.17) is 9.47 Å². The van der Waals surface area contributed by atoms with Gasteiger partial charge in [-0.25, -0.2) is 9.48 Å². The molecular formula is C25H33N5O4. The van der Waals surface area contributed by atoms with E-state index in [1.165, 1.54) is 12.7 Å². The average Bonchev–Trinajstić information content (AvgIpc) is 3.31. The van der Waals surface area contributed by atoms with Crippen molar-refractivity contribution in [1.29, 1.82) is 0 Å². The van der Waals surface area contributed by atoms with Crippen LogP contribution in [0.4, 0.5) is 5.95 Å². The molecule has 9 nitrogen and oxygen atoms in total. The predicted octanol–water partition coefficient (Wildman–Crippen LogP) is 3.69. The Balaban J connectivity index is 1.54. The van der Waals surface area contributed by atoms with Crippen molar-refractivity contribution >= 4 is 17.8 Å². The number of fused-ring (bicyclic) bond motifs is 1. The Morgan fingerprint density at radius 3 is 2.50 bits per heavy atom. The van der Waals surface area contributed by atoms with Gasteiger partial charge in [0.15, 0.2) is 6.61 Å². The van der Waals surface area contributed by atoms with Gasteiger partial charge in [0.2, 0.25) is 5.95 Å². The molecule has 1 atom stereocenters. The molecule has 2 heterocycles. The summed E-state index contributed by atoms with van der Waals surface area (Å²) in [4.78, 5) is 31.6. The summed E-state index contributed by atoms with van der Waals surface area (Å²) < 4.78 is 13.3. The number of carbonyl (C=O) groups excluding carboxylic acids is 2. The first-order chi connectivity index (χ1) is 16.5. The second kappa shape index (κ2) is 10.7. The van der Waals surface area contributed by atoms with E-state index in [1.807, 2.05) is 45.0 Å². The van der Waals surface area contributed by atoms with Crippen LogP contribution < -0.4 is 10.1 Å². The molecule has 1 fully saturated rings. The maximum Gasteiger partial charge on any atom is 0.338 e. The molecule has 182 valence electrons. The smallest absolute Gasteiger partial charge is 0.338 e. The molecule has 1 aromatic carbocycles. The van der Waals surface area contributed by atoms with E-state index in [-0.39, 0.29) is 24.6 Å². The molecule has 0 saturated heterocycles. The maximum absolute atomic E-state index is 13.3. The lowest BCUT2D eigenvalue weighted by molar-refractivity contribution is -0.146. The van der Waals surface area contributed by atoms with Gasteiger partial charge in [-0.05, 0) is 64.2 Å². The SMILES string of the molecule is CCN(CC)C(=O)COc1ccc(C2C(C(=O)OC3CCCCC3)=C(C)Nc3ncnn32)cc1. The Morgan fingerprint density at radius 1 is 1.12 bits per heavy atom. The number of nitrogens with one attached hydrogen (secondary N) is 1. The van der Waals surface area contributed by atoms with Crippen LogP contribution in [0.1, 0.15) is 64.5 Å². The number of allylic oxidation sites excluding steroid dienone is 1. The van der Waals surface area contributed by atoms with E-state index in [2.05, 4.69) is 15.4 Å². The minimum atomic E-state index is -0.471. The van der Waals surface area contributed by atoms with Crippen molar-refractivity contribution in [2.75, 3.05) is 25.0 Å². The van der Waals surface area contributed by atoms with Crippen molar-refractivity contribution in [2.24, 2.45) is 0 Å². The fourth-order valence-corrected chi connectivity index (χ4v) is 4.62. The van der Waals surface area contributed by atoms with Crippen molar-refractivity contribution in [1.82, 2.24) is 19.7 Å². The van der Waals surface area contributed by atoms with Crippen LogP contribution in [0.25, 0.3) is 0 Å². The van der Waals surface area contributed by atoms with E-state index in [9.17, 15) is 9.59 Å². The average molecular weight is 468 g/mol. The molecule has 1 N–H and O–H groups in total. The summed E-state index contributed by atoms with van der Waals surface area (Å²) in [5, 5.41) is 7.54. The fourth-order valence-electron chi connectivity index (χ4n) is 4.62. The molecule has 4 rings (SSSR count). The number of anilines is 1. The van der Waals surface area contributed by atoms with Gasteiger partial charge in [-0.15, -0.1) is 0 Å². The molecule has 1 saturated carbocycles. The Bertz CT molecular complexity index is 1040. The van der Waals surface area contributed by atoms with Crippen LogP contribution in [0.15, 0.2) is 41.9 Å². The van der Waals surface area contributed by atoms with E-state index < -0.39 is 6.04 Å². The Hall–Kier alpha value is -3.36. The summed E-state index contributed by atoms with van der Waals surface area (Å²) in [7, 11) is 0. The number of likely N-dealkylation sites (N-methyl/N-ethyl adjacent to an activating group) is 1. The zero-order valence-corrected chi connectivity index (χ0v) is 20.1. The highest BCUT2D eigenvalue weighted by molar-refractivity contribution is 5.92. The minimum absolute atomic E-state index is 0.0143. The van der Waals surface area contributed by atoms with Crippen LogP contribution in [0.3, 0.4) is 0 Å². The summed E-state index contributed by atoms with van der Waals surface area (Å²) >= 11 is 0. The summed E-state index contributed by atoms with van der Waals surface area (Å²) in [5.74, 6) is 0.782. The zero-order chi connectivity index (χ0) is 24.1. The fraction of sp³-hybridized carbons (Fsp3) is 0.520. The third-order valence-corrected chi connectivity index (χ3v) is 6.51. The summed E-state index contributed by atoms with van der Waals surface area (Å²) in [6.07, 6.45) is 6.60. The first-order valence-electron chi connectivity index (χ1n) is 12.1. The minimum Gasteiger partial charge on any atom is -0.484 e. The molecule has 2 aromatic rings. The number of hydrogen-bond acceptors (Lipinski definition) is 7. The molecule has 1 aliphatic heterocycles. The predicted molar refractivity (Wildman–Crippen MR) is 127 cm³/mol. The van der Waals surface area contributed by atoms with Crippen molar-refractivity contribution in [2.45, 2.75) is 65.0 Å². The maximum atomic E-state index is 13.3. The summed E-state index contributed by atoms with van der Waals surface area (Å²) in [6, 6.07) is 6.92. The number of amides is 1. The molecule has 0 spiro atoms. The monoisotopic (exact) mass is 467 g/mol. The van der Waals surface area contributed by atoms with E-state index in [0.29, 0.717) is 36.1 Å². The van der Waals surface area contributed by atoms with Crippen molar-refractivity contribution in [3.63, 3.8) is 0 Å². The molecule has 2 aliphatic rings. The number of benzene rings is 1. The van der Waals surface area contributed by atoms with E-state index in [0.717, 1.165) is 31.2 Å². The molecule has 1 amide bonds. The van der Waals surface area contributed by atoms with Crippen LogP contribution in [-0.2, 0) is 14.3 Å². The standard InChI is InChI=1S/C25H33N5O4/c1-4-29(5-2)21(31)15-33-19-13-11-18(12-14-19)23-22(17(3)28-25-26-16-27-30(23)25)24(32)34-20-9-7-6-8-10-20/h11-14,16,20,23H,4-10,15H2,1-3H3,(H,26,27,28). The molecular weight excluding hydrogens is 434 g/mol. The molecule has 1 aliphatic carbocycles. The second-order valence-corrected chi connectivity index (χ2v) is 8.68. The molecule has 1 aromatic heterocycles.